The van der Waals surface area contributed by atoms with Crippen molar-refractivity contribution in [3.63, 3.8) is 0 Å². The molecule has 0 saturated carbocycles. The monoisotopic (exact) mass is 278 g/mol. The Bertz CT molecular complexity index is 440. The number of ether oxygens (including phenoxy) is 1. The van der Waals surface area contributed by atoms with Crippen molar-refractivity contribution in [1.29, 1.82) is 0 Å². The van der Waals surface area contributed by atoms with E-state index < -0.39 is 5.41 Å². The first-order valence-corrected chi connectivity index (χ1v) is 7.16. The topological polar surface area (TPSA) is 64.4 Å². The molecule has 1 rings (SSSR count). The number of para-hydroxylation sites is 2. The molecule has 0 heterocycles. The van der Waals surface area contributed by atoms with Crippen LogP contribution in [0.3, 0.4) is 0 Å². The lowest BCUT2D eigenvalue weighted by atomic mass is 9.86. The van der Waals surface area contributed by atoms with Crippen LogP contribution in [0.5, 0.6) is 5.75 Å². The van der Waals surface area contributed by atoms with Gasteiger partial charge in [0.1, 0.15) is 5.75 Å². The van der Waals surface area contributed by atoms with Crippen LogP contribution in [-0.4, -0.2) is 19.1 Å². The molecule has 4 heteroatoms. The van der Waals surface area contributed by atoms with Crippen molar-refractivity contribution in [2.24, 2.45) is 17.1 Å². The summed E-state index contributed by atoms with van der Waals surface area (Å²) in [6, 6.07) is 7.49. The van der Waals surface area contributed by atoms with E-state index in [2.05, 4.69) is 19.2 Å². The molecule has 1 amide bonds. The van der Waals surface area contributed by atoms with Crippen molar-refractivity contribution in [3.8, 4) is 5.75 Å². The standard InChI is InChI=1S/C16H26N2O2/c1-5-16(4,11-17)15(19)18-13-8-6-7-9-14(13)20-10-12(2)3/h6-9,12H,5,10-11,17H2,1-4H3,(H,18,19). The Morgan fingerprint density at radius 1 is 1.40 bits per heavy atom. The Balaban J connectivity index is 2.84. The maximum absolute atomic E-state index is 12.3. The van der Waals surface area contributed by atoms with Crippen molar-refractivity contribution in [3.05, 3.63) is 24.3 Å². The molecule has 112 valence electrons. The van der Waals surface area contributed by atoms with E-state index in [1.807, 2.05) is 38.1 Å². The van der Waals surface area contributed by atoms with Gasteiger partial charge in [0.05, 0.1) is 17.7 Å². The minimum atomic E-state index is -0.550. The number of amides is 1. The zero-order valence-corrected chi connectivity index (χ0v) is 12.9. The van der Waals surface area contributed by atoms with E-state index in [4.69, 9.17) is 10.5 Å². The molecule has 0 fully saturated rings. The van der Waals surface area contributed by atoms with Crippen LogP contribution < -0.4 is 15.8 Å². The van der Waals surface area contributed by atoms with Crippen LogP contribution in [-0.2, 0) is 4.79 Å². The number of rotatable bonds is 7. The first-order valence-electron chi connectivity index (χ1n) is 7.16. The number of carbonyl (C=O) groups is 1. The molecule has 1 unspecified atom stereocenters. The van der Waals surface area contributed by atoms with Crippen molar-refractivity contribution in [2.75, 3.05) is 18.5 Å². The summed E-state index contributed by atoms with van der Waals surface area (Å²) < 4.78 is 5.73. The van der Waals surface area contributed by atoms with E-state index >= 15 is 0 Å². The van der Waals surface area contributed by atoms with E-state index in [-0.39, 0.29) is 5.91 Å². The Kier molecular flexibility index (Phi) is 6.02. The van der Waals surface area contributed by atoms with Gasteiger partial charge in [-0.3, -0.25) is 4.79 Å². The molecule has 3 N–H and O–H groups in total. The summed E-state index contributed by atoms with van der Waals surface area (Å²) in [6.07, 6.45) is 0.699. The molecule has 20 heavy (non-hydrogen) atoms. The average Bonchev–Trinajstić information content (AvgIpc) is 2.45. The number of nitrogens with one attached hydrogen (secondary N) is 1. The van der Waals surface area contributed by atoms with Gasteiger partial charge in [-0.05, 0) is 31.4 Å². The zero-order valence-electron chi connectivity index (χ0n) is 12.9. The molecule has 0 bridgehead atoms. The predicted octanol–water partition coefficient (Wildman–Crippen LogP) is 3.03. The third-order valence-electron chi connectivity index (χ3n) is 3.49. The predicted molar refractivity (Wildman–Crippen MR) is 82.9 cm³/mol. The van der Waals surface area contributed by atoms with Gasteiger partial charge in [-0.15, -0.1) is 0 Å². The van der Waals surface area contributed by atoms with Crippen LogP contribution in [0, 0.1) is 11.3 Å². The van der Waals surface area contributed by atoms with Gasteiger partial charge in [-0.25, -0.2) is 0 Å². The van der Waals surface area contributed by atoms with Gasteiger partial charge in [-0.2, -0.15) is 0 Å². The summed E-state index contributed by atoms with van der Waals surface area (Å²) in [5.41, 5.74) is 5.87. The lowest BCUT2D eigenvalue weighted by molar-refractivity contribution is -0.124. The smallest absolute Gasteiger partial charge is 0.231 e. The van der Waals surface area contributed by atoms with E-state index in [0.717, 1.165) is 0 Å². The van der Waals surface area contributed by atoms with Crippen molar-refractivity contribution >= 4 is 11.6 Å². The van der Waals surface area contributed by atoms with Crippen molar-refractivity contribution < 1.29 is 9.53 Å². The van der Waals surface area contributed by atoms with Gasteiger partial charge in [0.15, 0.2) is 0 Å². The first kappa shape index (κ1) is 16.5. The molecule has 4 nitrogen and oxygen atoms in total. The molecule has 0 aliphatic carbocycles. The van der Waals surface area contributed by atoms with E-state index in [1.165, 1.54) is 0 Å². The van der Waals surface area contributed by atoms with E-state index in [9.17, 15) is 4.79 Å². The Morgan fingerprint density at radius 3 is 2.60 bits per heavy atom. The Labute approximate surface area is 121 Å². The molecule has 1 atom stereocenters. The van der Waals surface area contributed by atoms with Crippen molar-refractivity contribution in [1.82, 2.24) is 0 Å². The van der Waals surface area contributed by atoms with E-state index in [0.29, 0.717) is 36.9 Å². The fourth-order valence-corrected chi connectivity index (χ4v) is 1.62. The molecule has 1 aromatic carbocycles. The lowest BCUT2D eigenvalue weighted by Crippen LogP contribution is -2.39. The number of nitrogens with two attached hydrogens (primary N) is 1. The summed E-state index contributed by atoms with van der Waals surface area (Å²) in [5, 5.41) is 2.93. The highest BCUT2D eigenvalue weighted by molar-refractivity contribution is 5.96. The third kappa shape index (κ3) is 4.23. The molecule has 0 aliphatic heterocycles. The third-order valence-corrected chi connectivity index (χ3v) is 3.49. The molecule has 0 aromatic heterocycles. The van der Waals surface area contributed by atoms with Gasteiger partial charge in [0, 0.05) is 6.54 Å². The van der Waals surface area contributed by atoms with Crippen molar-refractivity contribution in [2.45, 2.75) is 34.1 Å². The highest BCUT2D eigenvalue weighted by atomic mass is 16.5. The fraction of sp³-hybridized carbons (Fsp3) is 0.562. The molecular formula is C16H26N2O2. The average molecular weight is 278 g/mol. The summed E-state index contributed by atoms with van der Waals surface area (Å²) >= 11 is 0. The molecule has 0 spiro atoms. The first-order chi connectivity index (χ1) is 9.42. The number of benzene rings is 1. The number of carbonyl (C=O) groups excluding carboxylic acids is 1. The van der Waals surface area contributed by atoms with Gasteiger partial charge in [-0.1, -0.05) is 32.9 Å². The van der Waals surface area contributed by atoms with Gasteiger partial charge in [0.25, 0.3) is 0 Å². The molecule has 1 aromatic rings. The van der Waals surface area contributed by atoms with Crippen LogP contribution in [0.25, 0.3) is 0 Å². The lowest BCUT2D eigenvalue weighted by Gasteiger charge is -2.25. The number of hydrogen-bond donors (Lipinski definition) is 2. The second-order valence-corrected chi connectivity index (χ2v) is 5.77. The second kappa shape index (κ2) is 7.29. The molecule has 0 radical (unpaired) electrons. The summed E-state index contributed by atoms with van der Waals surface area (Å²) in [4.78, 5) is 12.3. The maximum Gasteiger partial charge on any atom is 0.231 e. The largest absolute Gasteiger partial charge is 0.491 e. The fourth-order valence-electron chi connectivity index (χ4n) is 1.62. The normalized spacial score (nSPS) is 13.9. The van der Waals surface area contributed by atoms with Crippen LogP contribution in [0.4, 0.5) is 5.69 Å². The van der Waals surface area contributed by atoms with E-state index in [1.54, 1.807) is 0 Å². The number of hydrogen-bond acceptors (Lipinski definition) is 3. The zero-order chi connectivity index (χ0) is 15.2. The van der Waals surface area contributed by atoms with Crippen LogP contribution in [0.15, 0.2) is 24.3 Å². The Hall–Kier alpha value is -1.55. The molecular weight excluding hydrogens is 252 g/mol. The highest BCUT2D eigenvalue weighted by Gasteiger charge is 2.30. The van der Waals surface area contributed by atoms with Gasteiger partial charge < -0.3 is 15.8 Å². The summed E-state index contributed by atoms with van der Waals surface area (Å²) in [5.74, 6) is 1.07. The second-order valence-electron chi connectivity index (χ2n) is 5.77. The summed E-state index contributed by atoms with van der Waals surface area (Å²) in [6.45, 7) is 8.96. The molecule has 0 saturated heterocycles. The quantitative estimate of drug-likeness (QED) is 0.805. The van der Waals surface area contributed by atoms with Crippen LogP contribution in [0.1, 0.15) is 34.1 Å². The summed E-state index contributed by atoms with van der Waals surface area (Å²) in [7, 11) is 0. The van der Waals surface area contributed by atoms with Crippen LogP contribution >= 0.6 is 0 Å². The number of anilines is 1. The highest BCUT2D eigenvalue weighted by Crippen LogP contribution is 2.28. The van der Waals surface area contributed by atoms with Crippen LogP contribution in [0.2, 0.25) is 0 Å². The van der Waals surface area contributed by atoms with Gasteiger partial charge in [0.2, 0.25) is 5.91 Å². The van der Waals surface area contributed by atoms with Gasteiger partial charge >= 0.3 is 0 Å². The minimum absolute atomic E-state index is 0.0666. The maximum atomic E-state index is 12.3. The Morgan fingerprint density at radius 2 is 2.05 bits per heavy atom. The minimum Gasteiger partial charge on any atom is -0.491 e. The SMILES string of the molecule is CCC(C)(CN)C(=O)Nc1ccccc1OCC(C)C. The molecule has 0 aliphatic rings.